The van der Waals surface area contributed by atoms with Gasteiger partial charge in [-0.05, 0) is 42.8 Å². The Kier molecular flexibility index (Phi) is 9.01. The van der Waals surface area contributed by atoms with E-state index in [1.54, 1.807) is 12.1 Å². The molecule has 8 nitrogen and oxygen atoms in total. The van der Waals surface area contributed by atoms with Gasteiger partial charge in [0.15, 0.2) is 0 Å². The van der Waals surface area contributed by atoms with Crippen molar-refractivity contribution in [2.24, 2.45) is 5.73 Å². The summed E-state index contributed by atoms with van der Waals surface area (Å²) in [6.07, 6.45) is 0.384. The molecular formula is C19H22N2O6. The van der Waals surface area contributed by atoms with E-state index in [2.05, 4.69) is 11.9 Å². The molecule has 27 heavy (non-hydrogen) atoms. The van der Waals surface area contributed by atoms with Gasteiger partial charge in [0.1, 0.15) is 11.4 Å². The van der Waals surface area contributed by atoms with Crippen molar-refractivity contribution in [3.63, 3.8) is 0 Å². The summed E-state index contributed by atoms with van der Waals surface area (Å²) >= 11 is 0. The molecule has 0 aliphatic heterocycles. The molecule has 2 rings (SSSR count). The average Bonchev–Trinajstić information content (AvgIpc) is 2.65. The van der Waals surface area contributed by atoms with E-state index in [0.29, 0.717) is 6.61 Å². The lowest BCUT2D eigenvalue weighted by molar-refractivity contribution is -0.143. The van der Waals surface area contributed by atoms with Crippen LogP contribution in [0.3, 0.4) is 0 Å². The molecule has 0 saturated heterocycles. The number of carbonyl (C=O) groups is 3. The molecule has 1 aromatic carbocycles. The summed E-state index contributed by atoms with van der Waals surface area (Å²) < 4.78 is 5.51. The number of nitrogens with two attached hydrogens (primary N) is 1. The van der Waals surface area contributed by atoms with Crippen molar-refractivity contribution < 1.29 is 29.3 Å². The first-order valence-electron chi connectivity index (χ1n) is 8.27. The zero-order chi connectivity index (χ0) is 20.2. The summed E-state index contributed by atoms with van der Waals surface area (Å²) in [5, 5.41) is 15.8. The topological polar surface area (TPSA) is 140 Å². The van der Waals surface area contributed by atoms with Gasteiger partial charge < -0.3 is 20.7 Å². The van der Waals surface area contributed by atoms with Crippen LogP contribution in [0.2, 0.25) is 0 Å². The van der Waals surface area contributed by atoms with E-state index >= 15 is 0 Å². The molecule has 0 aliphatic carbocycles. The second-order valence-corrected chi connectivity index (χ2v) is 5.43. The molecule has 0 fully saturated rings. The van der Waals surface area contributed by atoms with E-state index < -0.39 is 17.8 Å². The SMILES string of the molecule is CCCOc1ccc(-c2cccc(C(N)=O)n2)cc1.O=C(O)CCC(=O)O. The second kappa shape index (κ2) is 11.2. The molecule has 0 saturated carbocycles. The maximum Gasteiger partial charge on any atom is 0.303 e. The van der Waals surface area contributed by atoms with E-state index in [0.717, 1.165) is 23.4 Å². The van der Waals surface area contributed by atoms with Gasteiger partial charge in [0.05, 0.1) is 25.1 Å². The molecule has 1 heterocycles. The van der Waals surface area contributed by atoms with Crippen LogP contribution < -0.4 is 10.5 Å². The number of benzene rings is 1. The first-order chi connectivity index (χ1) is 12.8. The minimum atomic E-state index is -1.08. The number of aromatic nitrogens is 1. The number of nitrogens with zero attached hydrogens (tertiary/aromatic N) is 1. The lowest BCUT2D eigenvalue weighted by Gasteiger charge is -2.06. The van der Waals surface area contributed by atoms with Gasteiger partial charge in [0.2, 0.25) is 0 Å². The van der Waals surface area contributed by atoms with Gasteiger partial charge >= 0.3 is 11.9 Å². The van der Waals surface area contributed by atoms with E-state index in [9.17, 15) is 14.4 Å². The predicted molar refractivity (Wildman–Crippen MR) is 98.5 cm³/mol. The van der Waals surface area contributed by atoms with Gasteiger partial charge in [-0.15, -0.1) is 0 Å². The number of carboxylic acids is 2. The number of hydrogen-bond donors (Lipinski definition) is 3. The van der Waals surface area contributed by atoms with E-state index in [-0.39, 0.29) is 18.5 Å². The third-order valence-corrected chi connectivity index (χ3v) is 3.18. The number of carboxylic acid groups (broad SMARTS) is 2. The highest BCUT2D eigenvalue weighted by Crippen LogP contribution is 2.21. The predicted octanol–water partition coefficient (Wildman–Crippen LogP) is 2.57. The molecule has 144 valence electrons. The van der Waals surface area contributed by atoms with Crippen LogP contribution in [0, 0.1) is 0 Å². The van der Waals surface area contributed by atoms with Gasteiger partial charge in [0.25, 0.3) is 5.91 Å². The first-order valence-corrected chi connectivity index (χ1v) is 8.27. The van der Waals surface area contributed by atoms with Crippen molar-refractivity contribution in [1.82, 2.24) is 4.98 Å². The van der Waals surface area contributed by atoms with Gasteiger partial charge in [-0.2, -0.15) is 0 Å². The molecule has 0 bridgehead atoms. The van der Waals surface area contributed by atoms with Crippen molar-refractivity contribution in [3.05, 3.63) is 48.2 Å². The van der Waals surface area contributed by atoms with Crippen LogP contribution in [0.15, 0.2) is 42.5 Å². The molecule has 0 spiro atoms. The number of carbonyl (C=O) groups excluding carboxylic acids is 1. The Morgan fingerprint density at radius 2 is 1.59 bits per heavy atom. The minimum Gasteiger partial charge on any atom is -0.494 e. The number of aliphatic carboxylic acids is 2. The van der Waals surface area contributed by atoms with Crippen LogP contribution in [-0.4, -0.2) is 39.6 Å². The number of hydrogen-bond acceptors (Lipinski definition) is 5. The molecular weight excluding hydrogens is 352 g/mol. The molecule has 4 N–H and O–H groups in total. The fraction of sp³-hybridized carbons (Fsp3) is 0.263. The molecule has 0 unspecified atom stereocenters. The van der Waals surface area contributed by atoms with Crippen LogP contribution in [0.5, 0.6) is 5.75 Å². The highest BCUT2D eigenvalue weighted by Gasteiger charge is 2.05. The van der Waals surface area contributed by atoms with E-state index in [4.69, 9.17) is 20.7 Å². The lowest BCUT2D eigenvalue weighted by atomic mass is 10.1. The Morgan fingerprint density at radius 3 is 2.07 bits per heavy atom. The number of amides is 1. The third-order valence-electron chi connectivity index (χ3n) is 3.18. The summed E-state index contributed by atoms with van der Waals surface area (Å²) in [7, 11) is 0. The van der Waals surface area contributed by atoms with Crippen LogP contribution in [-0.2, 0) is 9.59 Å². The molecule has 0 atom stereocenters. The van der Waals surface area contributed by atoms with Crippen LogP contribution >= 0.6 is 0 Å². The van der Waals surface area contributed by atoms with Crippen molar-refractivity contribution >= 4 is 17.8 Å². The maximum absolute atomic E-state index is 11.1. The van der Waals surface area contributed by atoms with Crippen LogP contribution in [0.4, 0.5) is 0 Å². The monoisotopic (exact) mass is 374 g/mol. The molecule has 0 radical (unpaired) electrons. The Bertz CT molecular complexity index is 760. The second-order valence-electron chi connectivity index (χ2n) is 5.43. The highest BCUT2D eigenvalue weighted by molar-refractivity contribution is 5.91. The Balaban J connectivity index is 0.000000387. The Morgan fingerprint density at radius 1 is 1.00 bits per heavy atom. The summed E-state index contributed by atoms with van der Waals surface area (Å²) in [4.78, 5) is 34.6. The highest BCUT2D eigenvalue weighted by atomic mass is 16.5. The van der Waals surface area contributed by atoms with Crippen LogP contribution in [0.25, 0.3) is 11.3 Å². The van der Waals surface area contributed by atoms with Crippen molar-refractivity contribution in [2.75, 3.05) is 6.61 Å². The molecule has 8 heteroatoms. The zero-order valence-electron chi connectivity index (χ0n) is 14.9. The van der Waals surface area contributed by atoms with Crippen molar-refractivity contribution in [2.45, 2.75) is 26.2 Å². The summed E-state index contributed by atoms with van der Waals surface area (Å²) in [6.45, 7) is 2.77. The van der Waals surface area contributed by atoms with Gasteiger partial charge in [0, 0.05) is 5.56 Å². The van der Waals surface area contributed by atoms with E-state index in [1.807, 2.05) is 30.3 Å². The zero-order valence-corrected chi connectivity index (χ0v) is 14.9. The Labute approximate surface area is 156 Å². The fourth-order valence-electron chi connectivity index (χ4n) is 1.89. The quantitative estimate of drug-likeness (QED) is 0.645. The fourth-order valence-corrected chi connectivity index (χ4v) is 1.89. The molecule has 2 aromatic rings. The standard InChI is InChI=1S/C15H16N2O2.C4H6O4/c1-2-10-19-12-8-6-11(7-9-12)13-4-3-5-14(17-13)15(16)18;5-3(6)1-2-4(7)8/h3-9H,2,10H2,1H3,(H2,16,18);1-2H2,(H,5,6)(H,7,8). The lowest BCUT2D eigenvalue weighted by Crippen LogP contribution is -2.12. The van der Waals surface area contributed by atoms with Crippen molar-refractivity contribution in [3.8, 4) is 17.0 Å². The first kappa shape index (κ1) is 21.6. The van der Waals surface area contributed by atoms with Gasteiger partial charge in [-0.1, -0.05) is 13.0 Å². The normalized spacial score (nSPS) is 9.67. The number of primary amides is 1. The minimum absolute atomic E-state index is 0.267. The summed E-state index contributed by atoms with van der Waals surface area (Å²) in [6, 6.07) is 12.8. The molecule has 1 amide bonds. The van der Waals surface area contributed by atoms with E-state index in [1.165, 1.54) is 0 Å². The van der Waals surface area contributed by atoms with Gasteiger partial charge in [-0.25, -0.2) is 4.98 Å². The van der Waals surface area contributed by atoms with Gasteiger partial charge in [-0.3, -0.25) is 14.4 Å². The number of rotatable bonds is 8. The largest absolute Gasteiger partial charge is 0.494 e. The van der Waals surface area contributed by atoms with Crippen LogP contribution in [0.1, 0.15) is 36.7 Å². The summed E-state index contributed by atoms with van der Waals surface area (Å²) in [5.74, 6) is -1.85. The Hall–Kier alpha value is -3.42. The molecule has 1 aromatic heterocycles. The van der Waals surface area contributed by atoms with Crippen molar-refractivity contribution in [1.29, 1.82) is 0 Å². The number of pyridine rings is 1. The molecule has 0 aliphatic rings. The third kappa shape index (κ3) is 8.48. The maximum atomic E-state index is 11.1. The smallest absolute Gasteiger partial charge is 0.303 e. The average molecular weight is 374 g/mol. The number of ether oxygens (including phenoxy) is 1. The summed E-state index contributed by atoms with van der Waals surface area (Å²) in [5.41, 5.74) is 7.13.